The summed E-state index contributed by atoms with van der Waals surface area (Å²) in [5.74, 6) is -2.80. The number of carboxylic acids is 1. The van der Waals surface area contributed by atoms with Gasteiger partial charge in [-0.3, -0.25) is 14.3 Å². The van der Waals surface area contributed by atoms with Crippen LogP contribution < -0.4 is 5.76 Å². The lowest BCUT2D eigenvalue weighted by atomic mass is 10.1. The number of rotatable bonds is 3. The van der Waals surface area contributed by atoms with E-state index in [-0.39, 0.29) is 5.91 Å². The number of aromatic nitrogens is 2. The average Bonchev–Trinajstić information content (AvgIpc) is 3.26. The number of carbonyl (C=O) groups is 2. The molecule has 3 rings (SSSR count). The summed E-state index contributed by atoms with van der Waals surface area (Å²) in [7, 11) is 0. The van der Waals surface area contributed by atoms with Crippen LogP contribution in [0.25, 0.3) is 0 Å². The van der Waals surface area contributed by atoms with Crippen molar-refractivity contribution in [2.24, 2.45) is 0 Å². The molecule has 0 atom stereocenters. The van der Waals surface area contributed by atoms with Crippen LogP contribution in [-0.4, -0.2) is 51.3 Å². The lowest BCUT2D eigenvalue weighted by Crippen LogP contribution is -2.27. The highest BCUT2D eigenvalue weighted by molar-refractivity contribution is 5.94. The van der Waals surface area contributed by atoms with Crippen molar-refractivity contribution in [2.45, 2.75) is 25.4 Å². The first kappa shape index (κ1) is 20.2. The molecule has 2 N–H and O–H groups in total. The van der Waals surface area contributed by atoms with Crippen LogP contribution in [-0.2, 0) is 11.2 Å². The summed E-state index contributed by atoms with van der Waals surface area (Å²) in [5.41, 5.74) is 1.59. The first-order valence-corrected chi connectivity index (χ1v) is 7.90. The molecule has 1 fully saturated rings. The molecule has 1 saturated heterocycles. The van der Waals surface area contributed by atoms with Crippen LogP contribution in [0.15, 0.2) is 33.6 Å². The number of halogens is 3. The van der Waals surface area contributed by atoms with Gasteiger partial charge in [-0.05, 0) is 30.5 Å². The second-order valence-electron chi connectivity index (χ2n) is 5.72. The fourth-order valence-corrected chi connectivity index (χ4v) is 2.45. The van der Waals surface area contributed by atoms with Gasteiger partial charge in [-0.1, -0.05) is 17.3 Å². The van der Waals surface area contributed by atoms with E-state index in [2.05, 4.69) is 14.7 Å². The summed E-state index contributed by atoms with van der Waals surface area (Å²) in [6.07, 6.45) is -2.50. The normalized spacial score (nSPS) is 13.8. The van der Waals surface area contributed by atoms with Crippen LogP contribution in [0, 0.1) is 0 Å². The van der Waals surface area contributed by atoms with E-state index in [4.69, 9.17) is 9.90 Å². The number of nitrogens with zero attached hydrogens (tertiary/aromatic N) is 2. The van der Waals surface area contributed by atoms with E-state index in [1.54, 1.807) is 0 Å². The van der Waals surface area contributed by atoms with Crippen LogP contribution in [0.4, 0.5) is 13.2 Å². The number of carbonyl (C=O) groups excluding carboxylic acids is 1. The smallest absolute Gasteiger partial charge is 0.475 e. The number of nitrogens with one attached hydrogen (secondary N) is 1. The van der Waals surface area contributed by atoms with E-state index in [0.717, 1.165) is 31.5 Å². The topological polar surface area (TPSA) is 116 Å². The number of amides is 1. The molecule has 27 heavy (non-hydrogen) atoms. The Bertz CT molecular complexity index is 853. The number of H-pyrrole nitrogens is 1. The molecule has 0 spiro atoms. The minimum absolute atomic E-state index is 0.0676. The monoisotopic (exact) mass is 387 g/mol. The zero-order chi connectivity index (χ0) is 20.0. The van der Waals surface area contributed by atoms with Crippen molar-refractivity contribution in [1.82, 2.24) is 15.0 Å². The number of hydrogen-bond acceptors (Lipinski definition) is 5. The predicted octanol–water partition coefficient (Wildman–Crippen LogP) is 1.82. The van der Waals surface area contributed by atoms with Crippen molar-refractivity contribution >= 4 is 11.9 Å². The molecule has 1 aliphatic rings. The Morgan fingerprint density at radius 2 is 1.89 bits per heavy atom. The second kappa shape index (κ2) is 8.52. The van der Waals surface area contributed by atoms with Gasteiger partial charge in [0.05, 0.1) is 0 Å². The quantitative estimate of drug-likeness (QED) is 0.830. The molecule has 2 aromatic rings. The Hall–Kier alpha value is -3.11. The highest BCUT2D eigenvalue weighted by Crippen LogP contribution is 2.15. The maximum atomic E-state index is 12.3. The average molecular weight is 387 g/mol. The molecule has 0 saturated carbocycles. The molecule has 8 nitrogen and oxygen atoms in total. The molecule has 0 radical (unpaired) electrons. The Kier molecular flexibility index (Phi) is 6.37. The first-order valence-electron chi connectivity index (χ1n) is 7.90. The zero-order valence-electron chi connectivity index (χ0n) is 14.0. The highest BCUT2D eigenvalue weighted by Gasteiger charge is 2.38. The molecule has 1 amide bonds. The number of benzene rings is 1. The Morgan fingerprint density at radius 1 is 1.26 bits per heavy atom. The fourth-order valence-electron chi connectivity index (χ4n) is 2.45. The van der Waals surface area contributed by atoms with Crippen LogP contribution in [0.5, 0.6) is 0 Å². The summed E-state index contributed by atoms with van der Waals surface area (Å²) in [5, 5.41) is 10.7. The molecule has 146 valence electrons. The van der Waals surface area contributed by atoms with E-state index in [1.165, 1.54) is 0 Å². The molecule has 1 aromatic carbocycles. The summed E-state index contributed by atoms with van der Waals surface area (Å²) >= 11 is 0. The van der Waals surface area contributed by atoms with Crippen molar-refractivity contribution in [3.05, 3.63) is 51.8 Å². The summed E-state index contributed by atoms with van der Waals surface area (Å²) < 4.78 is 36.2. The van der Waals surface area contributed by atoms with Gasteiger partial charge in [0.2, 0.25) is 0 Å². The zero-order valence-corrected chi connectivity index (χ0v) is 14.0. The maximum Gasteiger partial charge on any atom is 0.490 e. The minimum Gasteiger partial charge on any atom is -0.475 e. The Balaban J connectivity index is 0.000000321. The third kappa shape index (κ3) is 5.97. The highest BCUT2D eigenvalue weighted by atomic mass is 19.4. The lowest BCUT2D eigenvalue weighted by molar-refractivity contribution is -0.192. The molecule has 1 aromatic heterocycles. The summed E-state index contributed by atoms with van der Waals surface area (Å²) in [6, 6.07) is 7.40. The van der Waals surface area contributed by atoms with E-state index in [1.807, 2.05) is 29.2 Å². The number of likely N-dealkylation sites (tertiary alicyclic amines) is 1. The third-order valence-electron chi connectivity index (χ3n) is 3.67. The van der Waals surface area contributed by atoms with E-state index < -0.39 is 17.9 Å². The van der Waals surface area contributed by atoms with E-state index in [0.29, 0.717) is 17.8 Å². The molecule has 0 aliphatic carbocycles. The first-order chi connectivity index (χ1) is 12.7. The molecule has 11 heteroatoms. The molecular formula is C16H16F3N3O5. The van der Waals surface area contributed by atoms with Gasteiger partial charge in [-0.2, -0.15) is 13.2 Å². The van der Waals surface area contributed by atoms with Gasteiger partial charge < -0.3 is 10.0 Å². The molecule has 2 heterocycles. The van der Waals surface area contributed by atoms with Crippen molar-refractivity contribution in [1.29, 1.82) is 0 Å². The Labute approximate surface area is 150 Å². The molecule has 0 unspecified atom stereocenters. The van der Waals surface area contributed by atoms with E-state index in [9.17, 15) is 22.8 Å². The summed E-state index contributed by atoms with van der Waals surface area (Å²) in [4.78, 5) is 36.4. The lowest BCUT2D eigenvalue weighted by Gasteiger charge is -2.15. The molecule has 1 aliphatic heterocycles. The SMILES string of the molecule is O=C(O)C(F)(F)F.O=C(c1cccc(Cc2noc(=O)[nH]2)c1)N1CCCC1. The number of hydrogen-bond donors (Lipinski definition) is 2. The van der Waals surface area contributed by atoms with Crippen LogP contribution in [0.1, 0.15) is 34.6 Å². The fraction of sp³-hybridized carbons (Fsp3) is 0.375. The van der Waals surface area contributed by atoms with Crippen molar-refractivity contribution in [3.8, 4) is 0 Å². The van der Waals surface area contributed by atoms with E-state index >= 15 is 0 Å². The van der Waals surface area contributed by atoms with Crippen molar-refractivity contribution in [3.63, 3.8) is 0 Å². The van der Waals surface area contributed by atoms with Gasteiger partial charge in [0.25, 0.3) is 5.91 Å². The summed E-state index contributed by atoms with van der Waals surface area (Å²) in [6.45, 7) is 1.67. The van der Waals surface area contributed by atoms with Gasteiger partial charge in [0.15, 0.2) is 5.82 Å². The van der Waals surface area contributed by atoms with Gasteiger partial charge in [0, 0.05) is 25.1 Å². The molecular weight excluding hydrogens is 371 g/mol. The van der Waals surface area contributed by atoms with Gasteiger partial charge in [-0.25, -0.2) is 9.59 Å². The van der Waals surface area contributed by atoms with Crippen LogP contribution in [0.3, 0.4) is 0 Å². The molecule has 0 bridgehead atoms. The van der Waals surface area contributed by atoms with Crippen molar-refractivity contribution < 1.29 is 32.4 Å². The standard InChI is InChI=1S/C14H15N3O3.C2HF3O2/c18-13(17-6-1-2-7-17)11-5-3-4-10(8-11)9-12-15-14(19)20-16-12;3-2(4,5)1(6)7/h3-5,8H,1-2,6-7,9H2,(H,15,16,19);(H,6,7). The van der Waals surface area contributed by atoms with Gasteiger partial charge in [0.1, 0.15) is 0 Å². The minimum atomic E-state index is -5.08. The number of alkyl halides is 3. The Morgan fingerprint density at radius 3 is 2.41 bits per heavy atom. The predicted molar refractivity (Wildman–Crippen MR) is 85.2 cm³/mol. The van der Waals surface area contributed by atoms with Gasteiger partial charge in [-0.15, -0.1) is 0 Å². The third-order valence-corrected chi connectivity index (χ3v) is 3.67. The second-order valence-corrected chi connectivity index (χ2v) is 5.72. The number of carboxylic acid groups (broad SMARTS) is 1. The number of aliphatic carboxylic acids is 1. The van der Waals surface area contributed by atoms with Crippen LogP contribution >= 0.6 is 0 Å². The maximum absolute atomic E-state index is 12.3. The van der Waals surface area contributed by atoms with Gasteiger partial charge >= 0.3 is 17.9 Å². The largest absolute Gasteiger partial charge is 0.490 e. The van der Waals surface area contributed by atoms with Crippen LogP contribution in [0.2, 0.25) is 0 Å². The van der Waals surface area contributed by atoms with Crippen molar-refractivity contribution in [2.75, 3.05) is 13.1 Å². The number of aromatic amines is 1.